The van der Waals surface area contributed by atoms with Crippen molar-refractivity contribution in [2.75, 3.05) is 25.1 Å². The van der Waals surface area contributed by atoms with Gasteiger partial charge in [-0.15, -0.1) is 0 Å². The summed E-state index contributed by atoms with van der Waals surface area (Å²) in [5.74, 6) is 0.614. The lowest BCUT2D eigenvalue weighted by molar-refractivity contribution is 0.198. The Hall–Kier alpha value is -1.42. The van der Waals surface area contributed by atoms with Gasteiger partial charge in [-0.05, 0) is 18.6 Å². The number of para-hydroxylation sites is 1. The van der Waals surface area contributed by atoms with Gasteiger partial charge in [0.05, 0.1) is 18.9 Å². The Morgan fingerprint density at radius 3 is 2.87 bits per heavy atom. The van der Waals surface area contributed by atoms with Gasteiger partial charge in [0, 0.05) is 13.1 Å². The Bertz CT molecular complexity index is 354. The van der Waals surface area contributed by atoms with E-state index in [0.717, 1.165) is 18.7 Å². The molecule has 0 bridgehead atoms. The van der Waals surface area contributed by atoms with Gasteiger partial charge in [-0.25, -0.2) is 0 Å². The highest BCUT2D eigenvalue weighted by atomic mass is 16.5. The Kier molecular flexibility index (Phi) is 2.68. The van der Waals surface area contributed by atoms with Crippen LogP contribution in [0.3, 0.4) is 0 Å². The first-order valence-corrected chi connectivity index (χ1v) is 5.01. The number of aliphatic hydroxyl groups is 1. The van der Waals surface area contributed by atoms with Gasteiger partial charge in [0.2, 0.25) is 0 Å². The van der Waals surface area contributed by atoms with Crippen LogP contribution in [0.25, 0.3) is 0 Å². The largest absolute Gasteiger partial charge is 0.504 e. The van der Waals surface area contributed by atoms with E-state index < -0.39 is 0 Å². The molecule has 0 aliphatic carbocycles. The number of aliphatic hydroxyl groups excluding tert-OH is 1. The van der Waals surface area contributed by atoms with E-state index in [2.05, 4.69) is 0 Å². The van der Waals surface area contributed by atoms with Crippen LogP contribution in [0, 0.1) is 0 Å². The predicted molar refractivity (Wildman–Crippen MR) is 57.5 cm³/mol. The SMILES string of the molecule is COc1c(O)cccc1N1CCC(O)C1. The summed E-state index contributed by atoms with van der Waals surface area (Å²) in [7, 11) is 1.53. The molecule has 82 valence electrons. The van der Waals surface area contributed by atoms with E-state index >= 15 is 0 Å². The van der Waals surface area contributed by atoms with E-state index in [1.807, 2.05) is 11.0 Å². The van der Waals surface area contributed by atoms with Gasteiger partial charge in [0.15, 0.2) is 11.5 Å². The summed E-state index contributed by atoms with van der Waals surface area (Å²) in [5, 5.41) is 19.1. The standard InChI is InChI=1S/C11H15NO3/c1-15-11-9(3-2-4-10(11)14)12-6-5-8(13)7-12/h2-4,8,13-14H,5-7H2,1H3. The van der Waals surface area contributed by atoms with Gasteiger partial charge in [-0.2, -0.15) is 0 Å². The molecule has 1 fully saturated rings. The highest BCUT2D eigenvalue weighted by Crippen LogP contribution is 2.37. The van der Waals surface area contributed by atoms with Crippen molar-refractivity contribution in [3.8, 4) is 11.5 Å². The normalized spacial score (nSPS) is 20.7. The molecular formula is C11H15NO3. The zero-order valence-electron chi connectivity index (χ0n) is 8.68. The number of rotatable bonds is 2. The smallest absolute Gasteiger partial charge is 0.183 e. The second-order valence-corrected chi connectivity index (χ2v) is 3.72. The van der Waals surface area contributed by atoms with Crippen LogP contribution in [-0.4, -0.2) is 36.5 Å². The maximum Gasteiger partial charge on any atom is 0.183 e. The van der Waals surface area contributed by atoms with Crippen molar-refractivity contribution >= 4 is 5.69 Å². The van der Waals surface area contributed by atoms with Crippen LogP contribution < -0.4 is 9.64 Å². The van der Waals surface area contributed by atoms with Crippen LogP contribution in [-0.2, 0) is 0 Å². The Balaban J connectivity index is 2.31. The molecule has 1 aliphatic heterocycles. The van der Waals surface area contributed by atoms with Crippen molar-refractivity contribution in [3.05, 3.63) is 18.2 Å². The van der Waals surface area contributed by atoms with Gasteiger partial charge >= 0.3 is 0 Å². The number of hydrogen-bond acceptors (Lipinski definition) is 4. The second kappa shape index (κ2) is 3.98. The number of hydrogen-bond donors (Lipinski definition) is 2. The molecule has 4 nitrogen and oxygen atoms in total. The first-order valence-electron chi connectivity index (χ1n) is 5.01. The maximum absolute atomic E-state index is 9.60. The van der Waals surface area contributed by atoms with Crippen molar-refractivity contribution < 1.29 is 14.9 Å². The minimum Gasteiger partial charge on any atom is -0.504 e. The topological polar surface area (TPSA) is 52.9 Å². The zero-order valence-corrected chi connectivity index (χ0v) is 8.68. The maximum atomic E-state index is 9.60. The number of benzene rings is 1. The van der Waals surface area contributed by atoms with E-state index in [1.54, 1.807) is 12.1 Å². The summed E-state index contributed by atoms with van der Waals surface area (Å²) in [4.78, 5) is 2.02. The molecule has 1 unspecified atom stereocenters. The Labute approximate surface area is 88.7 Å². The fraction of sp³-hybridized carbons (Fsp3) is 0.455. The molecule has 1 aromatic carbocycles. The average Bonchev–Trinajstić information content (AvgIpc) is 2.64. The molecule has 1 saturated heterocycles. The first kappa shape index (κ1) is 10.1. The summed E-state index contributed by atoms with van der Waals surface area (Å²) in [5.41, 5.74) is 0.842. The van der Waals surface area contributed by atoms with Crippen LogP contribution in [0.1, 0.15) is 6.42 Å². The summed E-state index contributed by atoms with van der Waals surface area (Å²) >= 11 is 0. The van der Waals surface area contributed by atoms with Crippen molar-refractivity contribution in [2.45, 2.75) is 12.5 Å². The molecule has 2 N–H and O–H groups in total. The van der Waals surface area contributed by atoms with E-state index in [-0.39, 0.29) is 11.9 Å². The highest BCUT2D eigenvalue weighted by Gasteiger charge is 2.23. The molecule has 1 heterocycles. The third kappa shape index (κ3) is 1.85. The van der Waals surface area contributed by atoms with Crippen molar-refractivity contribution in [1.82, 2.24) is 0 Å². The molecule has 0 spiro atoms. The molecule has 1 aliphatic rings. The molecule has 1 aromatic rings. The van der Waals surface area contributed by atoms with E-state index in [1.165, 1.54) is 7.11 Å². The molecule has 4 heteroatoms. The number of methoxy groups -OCH3 is 1. The number of aromatic hydroxyl groups is 1. The minimum absolute atomic E-state index is 0.136. The molecule has 2 rings (SSSR count). The number of phenols is 1. The fourth-order valence-corrected chi connectivity index (χ4v) is 1.93. The lowest BCUT2D eigenvalue weighted by atomic mass is 10.2. The average molecular weight is 209 g/mol. The van der Waals surface area contributed by atoms with E-state index in [4.69, 9.17) is 4.74 Å². The van der Waals surface area contributed by atoms with Gasteiger partial charge in [0.1, 0.15) is 0 Å². The van der Waals surface area contributed by atoms with Gasteiger partial charge in [0.25, 0.3) is 0 Å². The van der Waals surface area contributed by atoms with Crippen LogP contribution >= 0.6 is 0 Å². The summed E-state index contributed by atoms with van der Waals surface area (Å²) in [6.45, 7) is 1.39. The Morgan fingerprint density at radius 2 is 2.27 bits per heavy atom. The van der Waals surface area contributed by atoms with Gasteiger partial charge in [-0.1, -0.05) is 6.07 Å². The number of ether oxygens (including phenoxy) is 1. The minimum atomic E-state index is -0.281. The van der Waals surface area contributed by atoms with Crippen LogP contribution in [0.2, 0.25) is 0 Å². The van der Waals surface area contributed by atoms with Crippen molar-refractivity contribution in [1.29, 1.82) is 0 Å². The van der Waals surface area contributed by atoms with Gasteiger partial charge in [-0.3, -0.25) is 0 Å². The highest BCUT2D eigenvalue weighted by molar-refractivity contribution is 5.64. The monoisotopic (exact) mass is 209 g/mol. The van der Waals surface area contributed by atoms with E-state index in [0.29, 0.717) is 12.3 Å². The Morgan fingerprint density at radius 1 is 1.47 bits per heavy atom. The van der Waals surface area contributed by atoms with Crippen molar-refractivity contribution in [3.63, 3.8) is 0 Å². The molecule has 0 radical (unpaired) electrons. The molecular weight excluding hydrogens is 194 g/mol. The molecule has 0 saturated carbocycles. The zero-order chi connectivity index (χ0) is 10.8. The van der Waals surface area contributed by atoms with Crippen LogP contribution in [0.4, 0.5) is 5.69 Å². The van der Waals surface area contributed by atoms with Crippen LogP contribution in [0.15, 0.2) is 18.2 Å². The summed E-state index contributed by atoms with van der Waals surface area (Å²) in [6.07, 6.45) is 0.482. The van der Waals surface area contributed by atoms with Gasteiger partial charge < -0.3 is 19.8 Å². The molecule has 0 amide bonds. The fourth-order valence-electron chi connectivity index (χ4n) is 1.93. The summed E-state index contributed by atoms with van der Waals surface area (Å²) < 4.78 is 5.15. The molecule has 1 atom stereocenters. The number of β-amino-alcohol motifs (C(OH)–C–C–N with tert-alkyl or cyclic N) is 1. The van der Waals surface area contributed by atoms with E-state index in [9.17, 15) is 10.2 Å². The third-order valence-electron chi connectivity index (χ3n) is 2.68. The third-order valence-corrected chi connectivity index (χ3v) is 2.68. The molecule has 15 heavy (non-hydrogen) atoms. The number of nitrogens with zero attached hydrogens (tertiary/aromatic N) is 1. The van der Waals surface area contributed by atoms with Crippen LogP contribution in [0.5, 0.6) is 11.5 Å². The van der Waals surface area contributed by atoms with Crippen molar-refractivity contribution in [2.24, 2.45) is 0 Å². The summed E-state index contributed by atoms with van der Waals surface area (Å²) in [6, 6.07) is 5.25. The lowest BCUT2D eigenvalue weighted by Crippen LogP contribution is -2.21. The quantitative estimate of drug-likeness (QED) is 0.762. The number of phenolic OH excluding ortho intramolecular Hbond substituents is 1. The molecule has 0 aromatic heterocycles. The predicted octanol–water partition coefficient (Wildman–Crippen LogP) is 0.972. The first-order chi connectivity index (χ1) is 7.22. The second-order valence-electron chi connectivity index (χ2n) is 3.72. The lowest BCUT2D eigenvalue weighted by Gasteiger charge is -2.20. The number of anilines is 1.